The van der Waals surface area contributed by atoms with Crippen LogP contribution in [0.2, 0.25) is 0 Å². The molecule has 1 aromatic carbocycles. The quantitative estimate of drug-likeness (QED) is 0.791. The summed E-state index contributed by atoms with van der Waals surface area (Å²) in [5.41, 5.74) is 2.22. The van der Waals surface area contributed by atoms with E-state index in [1.807, 2.05) is 12.1 Å². The summed E-state index contributed by atoms with van der Waals surface area (Å²) in [6, 6.07) is 5.65. The van der Waals surface area contributed by atoms with E-state index in [1.54, 1.807) is 0 Å². The second kappa shape index (κ2) is 4.33. The highest BCUT2D eigenvalue weighted by atomic mass is 79.9. The number of carbonyl (C=O) groups excluding carboxylic acids is 1. The fourth-order valence-corrected chi connectivity index (χ4v) is 2.53. The smallest absolute Gasteiger partial charge is 0.327 e. The molecular weight excluding hydrogens is 258 g/mol. The predicted molar refractivity (Wildman–Crippen MR) is 60.6 cm³/mol. The zero-order valence-electron chi connectivity index (χ0n) is 8.42. The lowest BCUT2D eigenvalue weighted by Gasteiger charge is -2.25. The standard InChI is InChI=1S/C11H12BrNO2/c1-15-11(14)10-9-7(5-6-13-10)3-2-4-8(9)12/h2-4,10,13H,5-6H2,1H3. The average Bonchev–Trinajstić information content (AvgIpc) is 2.28. The van der Waals surface area contributed by atoms with Gasteiger partial charge in [0.1, 0.15) is 6.04 Å². The Morgan fingerprint density at radius 1 is 1.60 bits per heavy atom. The van der Waals surface area contributed by atoms with Gasteiger partial charge in [-0.25, -0.2) is 4.79 Å². The number of methoxy groups -OCH3 is 1. The first-order chi connectivity index (χ1) is 7.24. The molecule has 1 aromatic rings. The Bertz CT molecular complexity index is 392. The average molecular weight is 270 g/mol. The van der Waals surface area contributed by atoms with Gasteiger partial charge in [0.05, 0.1) is 7.11 Å². The maximum Gasteiger partial charge on any atom is 0.327 e. The molecule has 0 aromatic heterocycles. The molecule has 3 nitrogen and oxygen atoms in total. The topological polar surface area (TPSA) is 38.3 Å². The first-order valence-electron chi connectivity index (χ1n) is 4.82. The minimum absolute atomic E-state index is 0.233. The van der Waals surface area contributed by atoms with Gasteiger partial charge in [-0.1, -0.05) is 28.1 Å². The zero-order chi connectivity index (χ0) is 10.8. The lowest BCUT2D eigenvalue weighted by atomic mass is 9.94. The first kappa shape index (κ1) is 10.6. The van der Waals surface area contributed by atoms with Gasteiger partial charge in [-0.05, 0) is 23.6 Å². The Hall–Kier alpha value is -0.870. The van der Waals surface area contributed by atoms with Crippen molar-refractivity contribution in [3.63, 3.8) is 0 Å². The first-order valence-corrected chi connectivity index (χ1v) is 5.62. The second-order valence-corrected chi connectivity index (χ2v) is 4.33. The van der Waals surface area contributed by atoms with Crippen LogP contribution in [0, 0.1) is 0 Å². The molecule has 0 radical (unpaired) electrons. The van der Waals surface area contributed by atoms with Gasteiger partial charge in [-0.15, -0.1) is 0 Å². The molecule has 1 unspecified atom stereocenters. The van der Waals surface area contributed by atoms with Crippen LogP contribution < -0.4 is 5.32 Å². The molecule has 15 heavy (non-hydrogen) atoms. The van der Waals surface area contributed by atoms with E-state index in [-0.39, 0.29) is 12.0 Å². The van der Waals surface area contributed by atoms with E-state index < -0.39 is 0 Å². The number of benzene rings is 1. The van der Waals surface area contributed by atoms with Crippen LogP contribution in [0.1, 0.15) is 17.2 Å². The van der Waals surface area contributed by atoms with Crippen molar-refractivity contribution in [2.24, 2.45) is 0 Å². The largest absolute Gasteiger partial charge is 0.468 e. The van der Waals surface area contributed by atoms with Crippen LogP contribution in [-0.4, -0.2) is 19.6 Å². The van der Waals surface area contributed by atoms with Crippen LogP contribution in [0.25, 0.3) is 0 Å². The molecule has 0 saturated carbocycles. The van der Waals surface area contributed by atoms with Crippen LogP contribution in [0.15, 0.2) is 22.7 Å². The summed E-state index contributed by atoms with van der Waals surface area (Å²) in [6.07, 6.45) is 0.947. The number of rotatable bonds is 1. The third-order valence-electron chi connectivity index (χ3n) is 2.61. The number of nitrogens with one attached hydrogen (secondary N) is 1. The second-order valence-electron chi connectivity index (χ2n) is 3.47. The van der Waals surface area contributed by atoms with Crippen LogP contribution in [-0.2, 0) is 16.0 Å². The lowest BCUT2D eigenvalue weighted by Crippen LogP contribution is -2.36. The van der Waals surface area contributed by atoms with Gasteiger partial charge >= 0.3 is 5.97 Å². The monoisotopic (exact) mass is 269 g/mol. The molecule has 1 aliphatic rings. The number of hydrogen-bond acceptors (Lipinski definition) is 3. The van der Waals surface area contributed by atoms with E-state index in [0.717, 1.165) is 23.0 Å². The van der Waals surface area contributed by atoms with E-state index in [2.05, 4.69) is 27.3 Å². The fraction of sp³-hybridized carbons (Fsp3) is 0.364. The highest BCUT2D eigenvalue weighted by Gasteiger charge is 2.28. The summed E-state index contributed by atoms with van der Waals surface area (Å²) in [5.74, 6) is -0.233. The zero-order valence-corrected chi connectivity index (χ0v) is 10.0. The van der Waals surface area contributed by atoms with Gasteiger partial charge in [-0.3, -0.25) is 0 Å². The van der Waals surface area contributed by atoms with Gasteiger partial charge in [-0.2, -0.15) is 0 Å². The molecule has 0 amide bonds. The van der Waals surface area contributed by atoms with Crippen LogP contribution in [0.3, 0.4) is 0 Å². The minimum Gasteiger partial charge on any atom is -0.468 e. The summed E-state index contributed by atoms with van der Waals surface area (Å²) in [7, 11) is 1.41. The summed E-state index contributed by atoms with van der Waals surface area (Å²) in [6.45, 7) is 0.809. The van der Waals surface area contributed by atoms with E-state index in [9.17, 15) is 4.79 Å². The normalized spacial score (nSPS) is 19.5. The summed E-state index contributed by atoms with van der Waals surface area (Å²) >= 11 is 3.47. The molecule has 4 heteroatoms. The summed E-state index contributed by atoms with van der Waals surface area (Å²) in [5, 5.41) is 3.16. The van der Waals surface area contributed by atoms with Crippen molar-refractivity contribution in [2.45, 2.75) is 12.5 Å². The number of fused-ring (bicyclic) bond motifs is 1. The molecular formula is C11H12BrNO2. The third kappa shape index (κ3) is 1.92. The summed E-state index contributed by atoms with van der Waals surface area (Å²) < 4.78 is 5.74. The maximum atomic E-state index is 11.6. The minimum atomic E-state index is -0.339. The van der Waals surface area contributed by atoms with E-state index in [4.69, 9.17) is 4.74 Å². The maximum absolute atomic E-state index is 11.6. The molecule has 0 spiro atoms. The highest BCUT2D eigenvalue weighted by molar-refractivity contribution is 9.10. The molecule has 1 heterocycles. The summed E-state index contributed by atoms with van der Waals surface area (Å²) in [4.78, 5) is 11.6. The van der Waals surface area contributed by atoms with Crippen molar-refractivity contribution in [1.29, 1.82) is 0 Å². The molecule has 0 fully saturated rings. The molecule has 1 N–H and O–H groups in total. The third-order valence-corrected chi connectivity index (χ3v) is 3.30. The number of halogens is 1. The van der Waals surface area contributed by atoms with Gasteiger partial charge in [0.25, 0.3) is 0 Å². The van der Waals surface area contributed by atoms with E-state index in [0.29, 0.717) is 0 Å². The lowest BCUT2D eigenvalue weighted by molar-refractivity contribution is -0.143. The van der Waals surface area contributed by atoms with Gasteiger partial charge < -0.3 is 10.1 Å². The Labute approximate surface area is 96.9 Å². The molecule has 0 bridgehead atoms. The Morgan fingerprint density at radius 2 is 2.40 bits per heavy atom. The fourth-order valence-electron chi connectivity index (χ4n) is 1.90. The van der Waals surface area contributed by atoms with E-state index in [1.165, 1.54) is 12.7 Å². The Kier molecular flexibility index (Phi) is 3.07. The SMILES string of the molecule is COC(=O)C1NCCc2cccc(Br)c21. The van der Waals surface area contributed by atoms with Gasteiger partial charge in [0.15, 0.2) is 0 Å². The van der Waals surface area contributed by atoms with Crippen LogP contribution >= 0.6 is 15.9 Å². The van der Waals surface area contributed by atoms with Crippen molar-refractivity contribution >= 4 is 21.9 Å². The molecule has 1 atom stereocenters. The van der Waals surface area contributed by atoms with Crippen molar-refractivity contribution in [2.75, 3.05) is 13.7 Å². The van der Waals surface area contributed by atoms with Crippen LogP contribution in [0.4, 0.5) is 0 Å². The molecule has 0 saturated heterocycles. The van der Waals surface area contributed by atoms with Crippen molar-refractivity contribution in [3.8, 4) is 0 Å². The molecule has 1 aliphatic heterocycles. The van der Waals surface area contributed by atoms with Crippen molar-refractivity contribution < 1.29 is 9.53 Å². The molecule has 0 aliphatic carbocycles. The Morgan fingerprint density at radius 3 is 3.13 bits per heavy atom. The van der Waals surface area contributed by atoms with Crippen molar-refractivity contribution in [3.05, 3.63) is 33.8 Å². The van der Waals surface area contributed by atoms with Crippen molar-refractivity contribution in [1.82, 2.24) is 5.32 Å². The van der Waals surface area contributed by atoms with E-state index >= 15 is 0 Å². The van der Waals surface area contributed by atoms with Crippen LogP contribution in [0.5, 0.6) is 0 Å². The highest BCUT2D eigenvalue weighted by Crippen LogP contribution is 2.30. The number of hydrogen-bond donors (Lipinski definition) is 1. The van der Waals surface area contributed by atoms with Gasteiger partial charge in [0, 0.05) is 11.0 Å². The predicted octanol–water partition coefficient (Wildman–Crippen LogP) is 1.81. The number of esters is 1. The molecule has 2 rings (SSSR count). The number of ether oxygens (including phenoxy) is 1. The van der Waals surface area contributed by atoms with Gasteiger partial charge in [0.2, 0.25) is 0 Å². The molecule has 80 valence electrons. The Balaban J connectivity index is 2.45. The number of carbonyl (C=O) groups is 1.